The molecule has 0 bridgehead atoms. The lowest BCUT2D eigenvalue weighted by Gasteiger charge is -2.44. The highest BCUT2D eigenvalue weighted by Crippen LogP contribution is 2.64. The summed E-state index contributed by atoms with van der Waals surface area (Å²) in [5.74, 6) is 1.92. The molecule has 71 heavy (non-hydrogen) atoms. The number of fused-ring (bicyclic) bond motifs is 16. The van der Waals surface area contributed by atoms with Crippen molar-refractivity contribution in [3.63, 3.8) is 0 Å². The second-order valence-corrected chi connectivity index (χ2v) is 25.0. The van der Waals surface area contributed by atoms with Crippen molar-refractivity contribution in [3.8, 4) is 22.3 Å². The quantitative estimate of drug-likeness (QED) is 0.162. The number of hydrogen-bond acceptors (Lipinski definition) is 4. The van der Waals surface area contributed by atoms with Gasteiger partial charge in [0, 0.05) is 39.4 Å². The van der Waals surface area contributed by atoms with Crippen LogP contribution in [0.5, 0.6) is 0 Å². The molecule has 1 unspecified atom stereocenters. The SMILES string of the molecule is Cc1cc2c(o1)C1(c3ccccc3-c3cc4c5c(oc4cc31)B1c3ccc(C(C)(C)C)cc3N(c3ccc(C(C)(C)C)cc3)c3cc(C(C)(C)C)cc(c31)N5c1ccc(C(C)(C)C)cc1)c1ccccc1-2. The van der Waals surface area contributed by atoms with E-state index in [9.17, 15) is 0 Å². The molecule has 9 aromatic rings. The molecule has 0 saturated heterocycles. The Labute approximate surface area is 420 Å². The van der Waals surface area contributed by atoms with Gasteiger partial charge in [-0.3, -0.25) is 0 Å². The summed E-state index contributed by atoms with van der Waals surface area (Å²) in [6.45, 7) is 29.7. The van der Waals surface area contributed by atoms with Crippen LogP contribution in [0.25, 0.3) is 33.2 Å². The van der Waals surface area contributed by atoms with Gasteiger partial charge in [-0.15, -0.1) is 0 Å². The first-order chi connectivity index (χ1) is 33.6. The van der Waals surface area contributed by atoms with Crippen LogP contribution in [-0.2, 0) is 27.1 Å². The van der Waals surface area contributed by atoms with Crippen LogP contribution in [0.3, 0.4) is 0 Å². The van der Waals surface area contributed by atoms with Crippen molar-refractivity contribution < 1.29 is 8.83 Å². The fraction of sp³-hybridized carbons (Fsp3) is 0.273. The van der Waals surface area contributed by atoms with Crippen molar-refractivity contribution in [2.24, 2.45) is 0 Å². The first-order valence-electron chi connectivity index (χ1n) is 25.7. The number of nitrogens with zero attached hydrogens (tertiary/aromatic N) is 2. The standard InChI is InChI=1S/C66H63BN2O2/c1-38-32-48-46-19-15-17-21-51(46)66(60(48)70-38)50-20-16-14-18-45(50)47-36-49-57(37-52(47)66)71-61-59(49)69(44-29-24-40(25-30-44)63(5,6)7)56-35-42(65(11,12)13)34-55-58(56)67(61)53-31-26-41(64(8,9)10)33-54(53)68(55)43-27-22-39(23-28-43)62(2,3)4/h14-37H,1-13H3. The zero-order valence-corrected chi connectivity index (χ0v) is 43.6. The van der Waals surface area contributed by atoms with Crippen molar-refractivity contribution >= 4 is 68.4 Å². The number of furan rings is 2. The maximum Gasteiger partial charge on any atom is 0.297 e. The molecule has 4 nitrogen and oxygen atoms in total. The van der Waals surface area contributed by atoms with E-state index in [1.165, 1.54) is 89.2 Å². The molecule has 352 valence electrons. The molecular weight excluding hydrogens is 864 g/mol. The van der Waals surface area contributed by atoms with Crippen molar-refractivity contribution in [2.45, 2.75) is 117 Å². The van der Waals surface area contributed by atoms with Crippen LogP contribution >= 0.6 is 0 Å². The molecule has 1 spiro atoms. The zero-order valence-electron chi connectivity index (χ0n) is 43.6. The Morgan fingerprint density at radius 1 is 0.437 bits per heavy atom. The van der Waals surface area contributed by atoms with Gasteiger partial charge in [0.15, 0.2) is 0 Å². The number of anilines is 6. The molecule has 0 radical (unpaired) electrons. The van der Waals surface area contributed by atoms with E-state index in [1.54, 1.807) is 0 Å². The van der Waals surface area contributed by atoms with E-state index in [0.29, 0.717) is 0 Å². The van der Waals surface area contributed by atoms with E-state index in [4.69, 9.17) is 8.83 Å². The number of benzene rings is 7. The maximum absolute atomic E-state index is 7.73. The molecule has 2 aromatic heterocycles. The van der Waals surface area contributed by atoms with Gasteiger partial charge < -0.3 is 18.6 Å². The van der Waals surface area contributed by atoms with Gasteiger partial charge in [0.2, 0.25) is 0 Å². The first kappa shape index (κ1) is 44.0. The molecule has 0 saturated carbocycles. The predicted molar refractivity (Wildman–Crippen MR) is 298 cm³/mol. The summed E-state index contributed by atoms with van der Waals surface area (Å²) in [4.78, 5) is 5.11. The van der Waals surface area contributed by atoms with Gasteiger partial charge in [0.05, 0.1) is 11.3 Å². The average molecular weight is 927 g/mol. The third-order valence-corrected chi connectivity index (χ3v) is 16.4. The van der Waals surface area contributed by atoms with E-state index in [0.717, 1.165) is 45.2 Å². The normalized spacial score (nSPS) is 16.5. The smallest absolute Gasteiger partial charge is 0.297 e. The summed E-state index contributed by atoms with van der Waals surface area (Å²) in [6.07, 6.45) is 0. The van der Waals surface area contributed by atoms with Crippen LogP contribution in [0.1, 0.15) is 134 Å². The van der Waals surface area contributed by atoms with Gasteiger partial charge in [0.25, 0.3) is 6.71 Å². The Balaban J connectivity index is 1.15. The molecule has 2 aliphatic heterocycles. The highest BCUT2D eigenvalue weighted by Gasteiger charge is 2.55. The summed E-state index contributed by atoms with van der Waals surface area (Å²) in [6, 6.07) is 55.9. The summed E-state index contributed by atoms with van der Waals surface area (Å²) in [7, 11) is 0. The topological polar surface area (TPSA) is 32.8 Å². The Bertz CT molecular complexity index is 3710. The highest BCUT2D eigenvalue weighted by molar-refractivity contribution is 7.00. The van der Waals surface area contributed by atoms with Crippen LogP contribution in [-0.4, -0.2) is 6.71 Å². The second-order valence-electron chi connectivity index (χ2n) is 25.0. The fourth-order valence-electron chi connectivity index (χ4n) is 12.6. The van der Waals surface area contributed by atoms with Crippen LogP contribution in [0.2, 0.25) is 0 Å². The molecule has 7 aromatic carbocycles. The van der Waals surface area contributed by atoms with Crippen LogP contribution in [0.15, 0.2) is 154 Å². The predicted octanol–water partition coefficient (Wildman–Crippen LogP) is 16.0. The summed E-state index contributed by atoms with van der Waals surface area (Å²) >= 11 is 0. The lowest BCUT2D eigenvalue weighted by atomic mass is 9.35. The number of rotatable bonds is 2. The largest absolute Gasteiger partial charge is 0.468 e. The van der Waals surface area contributed by atoms with E-state index in [2.05, 4.69) is 245 Å². The summed E-state index contributed by atoms with van der Waals surface area (Å²) < 4.78 is 14.6. The lowest BCUT2D eigenvalue weighted by Crippen LogP contribution is -2.61. The van der Waals surface area contributed by atoms with Gasteiger partial charge in [0.1, 0.15) is 22.5 Å². The zero-order chi connectivity index (χ0) is 49.5. The molecule has 2 aliphatic carbocycles. The highest BCUT2D eigenvalue weighted by atomic mass is 16.3. The number of aryl methyl sites for hydroxylation is 1. The molecule has 0 fully saturated rings. The summed E-state index contributed by atoms with van der Waals surface area (Å²) in [5, 5.41) is 1.11. The third-order valence-electron chi connectivity index (χ3n) is 16.4. The molecular formula is C66H63BN2O2. The van der Waals surface area contributed by atoms with E-state index in [1.807, 2.05) is 0 Å². The fourth-order valence-corrected chi connectivity index (χ4v) is 12.6. The molecule has 1 atom stereocenters. The minimum absolute atomic E-state index is 0.00183. The maximum atomic E-state index is 7.73. The summed E-state index contributed by atoms with van der Waals surface area (Å²) in [5.41, 5.74) is 24.2. The van der Waals surface area contributed by atoms with Gasteiger partial charge >= 0.3 is 0 Å². The van der Waals surface area contributed by atoms with Crippen molar-refractivity contribution in [2.75, 3.05) is 9.80 Å². The van der Waals surface area contributed by atoms with E-state index >= 15 is 0 Å². The molecule has 4 aliphatic rings. The van der Waals surface area contributed by atoms with Crippen LogP contribution < -0.4 is 26.4 Å². The minimum atomic E-state index is -0.627. The van der Waals surface area contributed by atoms with Crippen LogP contribution in [0.4, 0.5) is 34.1 Å². The Hall–Kier alpha value is -6.98. The van der Waals surface area contributed by atoms with Gasteiger partial charge in [-0.05, 0) is 156 Å². The second kappa shape index (κ2) is 14.3. The molecule has 0 N–H and O–H groups in total. The molecule has 4 heterocycles. The van der Waals surface area contributed by atoms with E-state index < -0.39 is 5.41 Å². The number of hydrogen-bond donors (Lipinski definition) is 0. The van der Waals surface area contributed by atoms with Crippen molar-refractivity contribution in [1.29, 1.82) is 0 Å². The van der Waals surface area contributed by atoms with Crippen LogP contribution in [0, 0.1) is 6.92 Å². The Morgan fingerprint density at radius 2 is 0.944 bits per heavy atom. The molecule has 0 amide bonds. The van der Waals surface area contributed by atoms with Crippen molar-refractivity contribution in [3.05, 3.63) is 196 Å². The van der Waals surface area contributed by atoms with Gasteiger partial charge in [-0.2, -0.15) is 0 Å². The average Bonchev–Trinajstić information content (AvgIpc) is 4.04. The van der Waals surface area contributed by atoms with Gasteiger partial charge in [-0.1, -0.05) is 168 Å². The Morgan fingerprint density at radius 3 is 1.52 bits per heavy atom. The van der Waals surface area contributed by atoms with Gasteiger partial charge in [-0.25, -0.2) is 0 Å². The Kier molecular flexibility index (Phi) is 8.89. The monoisotopic (exact) mass is 926 g/mol. The van der Waals surface area contributed by atoms with Crippen molar-refractivity contribution in [1.82, 2.24) is 0 Å². The molecule has 5 heteroatoms. The minimum Gasteiger partial charge on any atom is -0.468 e. The lowest BCUT2D eigenvalue weighted by molar-refractivity contribution is 0.452. The van der Waals surface area contributed by atoms with E-state index in [-0.39, 0.29) is 28.4 Å². The third kappa shape index (κ3) is 6.11. The molecule has 13 rings (SSSR count). The first-order valence-corrected chi connectivity index (χ1v) is 25.7.